The van der Waals surface area contributed by atoms with E-state index >= 15 is 0 Å². The molecule has 0 saturated carbocycles. The van der Waals surface area contributed by atoms with Gasteiger partial charge in [-0.15, -0.1) is 0 Å². The zero-order chi connectivity index (χ0) is 19.8. The Balaban J connectivity index is 2.14. The van der Waals surface area contributed by atoms with Crippen LogP contribution in [0.15, 0.2) is 67.7 Å². The molecule has 0 amide bonds. The first kappa shape index (κ1) is 21.5. The number of hydrazone groups is 2. The first-order chi connectivity index (χ1) is 12.9. The minimum Gasteiger partial charge on any atom is -0.391 e. The van der Waals surface area contributed by atoms with Gasteiger partial charge >= 0.3 is 0 Å². The molecule has 0 fully saturated rings. The highest BCUT2D eigenvalue weighted by molar-refractivity contribution is 9.10. The van der Waals surface area contributed by atoms with E-state index in [1.165, 1.54) is 13.1 Å². The van der Waals surface area contributed by atoms with Gasteiger partial charge in [0.2, 0.25) is 0 Å². The molecule has 0 bridgehead atoms. The Hall–Kier alpha value is -1.78. The minimum absolute atomic E-state index is 0.0518. The molecule has 0 aliphatic rings. The van der Waals surface area contributed by atoms with Crippen molar-refractivity contribution in [1.82, 2.24) is 0 Å². The molecule has 3 atom stereocenters. The predicted molar refractivity (Wildman–Crippen MR) is 115 cm³/mol. The number of aliphatic hydroxyl groups excluding tert-OH is 3. The maximum absolute atomic E-state index is 10.3. The molecule has 9 heteroatoms. The van der Waals surface area contributed by atoms with E-state index in [-0.39, 0.29) is 5.71 Å². The smallest absolute Gasteiger partial charge is 0.128 e. The summed E-state index contributed by atoms with van der Waals surface area (Å²) in [6, 6.07) is 14.6. The van der Waals surface area contributed by atoms with Gasteiger partial charge in [0.25, 0.3) is 0 Å². The summed E-state index contributed by atoms with van der Waals surface area (Å²) in [4.78, 5) is 0. The lowest BCUT2D eigenvalue weighted by Crippen LogP contribution is -2.42. The van der Waals surface area contributed by atoms with Crippen LogP contribution in [0.5, 0.6) is 0 Å². The van der Waals surface area contributed by atoms with Gasteiger partial charge in [0.1, 0.15) is 17.9 Å². The predicted octanol–water partition coefficient (Wildman–Crippen LogP) is 3.18. The van der Waals surface area contributed by atoms with Crippen LogP contribution in [0.25, 0.3) is 0 Å². The van der Waals surface area contributed by atoms with E-state index in [1.54, 1.807) is 12.1 Å². The van der Waals surface area contributed by atoms with Crippen molar-refractivity contribution >= 4 is 55.2 Å². The summed E-state index contributed by atoms with van der Waals surface area (Å²) in [7, 11) is 0. The third-order valence-electron chi connectivity index (χ3n) is 3.51. The molecule has 2 aromatic rings. The van der Waals surface area contributed by atoms with Crippen LogP contribution in [0.3, 0.4) is 0 Å². The third-order valence-corrected chi connectivity index (χ3v) is 4.57. The van der Waals surface area contributed by atoms with Crippen molar-refractivity contribution in [2.75, 3.05) is 10.9 Å². The molecular weight excluding hydrogens is 480 g/mol. The SMILES string of the molecule is CC(O)C(O)C(O)C(/C=N/Nc1ccc(Br)cc1)=N/Nc1ccc(Br)cc1. The molecule has 0 saturated heterocycles. The minimum atomic E-state index is -1.43. The Morgan fingerprint density at radius 1 is 0.889 bits per heavy atom. The van der Waals surface area contributed by atoms with E-state index in [4.69, 9.17) is 0 Å². The van der Waals surface area contributed by atoms with Crippen molar-refractivity contribution < 1.29 is 15.3 Å². The lowest BCUT2D eigenvalue weighted by atomic mass is 10.1. The van der Waals surface area contributed by atoms with Crippen LogP contribution < -0.4 is 10.9 Å². The lowest BCUT2D eigenvalue weighted by molar-refractivity contribution is -0.0249. The molecule has 0 heterocycles. The van der Waals surface area contributed by atoms with Crippen LogP contribution in [0, 0.1) is 0 Å². The fourth-order valence-corrected chi connectivity index (χ4v) is 2.49. The summed E-state index contributed by atoms with van der Waals surface area (Å²) in [5, 5.41) is 37.9. The van der Waals surface area contributed by atoms with E-state index < -0.39 is 18.3 Å². The van der Waals surface area contributed by atoms with Gasteiger partial charge in [-0.3, -0.25) is 10.9 Å². The first-order valence-electron chi connectivity index (χ1n) is 8.05. The number of halogens is 2. The van der Waals surface area contributed by atoms with Crippen molar-refractivity contribution in [3.63, 3.8) is 0 Å². The molecule has 0 aromatic heterocycles. The number of hydrogen-bond donors (Lipinski definition) is 5. The molecule has 7 nitrogen and oxygen atoms in total. The van der Waals surface area contributed by atoms with Crippen molar-refractivity contribution in [3.8, 4) is 0 Å². The third kappa shape index (κ3) is 7.04. The van der Waals surface area contributed by atoms with Gasteiger partial charge < -0.3 is 15.3 Å². The van der Waals surface area contributed by atoms with Gasteiger partial charge in [0, 0.05) is 8.95 Å². The Kier molecular flexibility index (Phi) is 8.39. The summed E-state index contributed by atoms with van der Waals surface area (Å²) in [6.07, 6.45) is -2.69. The fraction of sp³-hybridized carbons (Fsp3) is 0.222. The molecule has 0 aliphatic heterocycles. The Morgan fingerprint density at radius 3 is 1.85 bits per heavy atom. The number of anilines is 2. The van der Waals surface area contributed by atoms with Crippen molar-refractivity contribution in [3.05, 3.63) is 57.5 Å². The molecule has 0 radical (unpaired) electrons. The summed E-state index contributed by atoms with van der Waals surface area (Å²) >= 11 is 6.70. The standard InChI is InChI=1S/C18H20Br2N4O3/c1-11(25)17(26)18(27)16(24-23-15-8-4-13(20)5-9-15)10-21-22-14-6-2-12(19)3-7-14/h2-11,17-18,22-23,25-27H,1H3/b21-10+,24-16+. The molecule has 27 heavy (non-hydrogen) atoms. The second-order valence-corrected chi connectivity index (χ2v) is 7.54. The van der Waals surface area contributed by atoms with Crippen LogP contribution >= 0.6 is 31.9 Å². The fourth-order valence-electron chi connectivity index (χ4n) is 1.96. The molecule has 0 aliphatic carbocycles. The van der Waals surface area contributed by atoms with Crippen LogP contribution in [0.1, 0.15) is 6.92 Å². The number of rotatable bonds is 8. The van der Waals surface area contributed by atoms with Gasteiger partial charge in [-0.25, -0.2) is 0 Å². The average Bonchev–Trinajstić information content (AvgIpc) is 2.66. The monoisotopic (exact) mass is 498 g/mol. The van der Waals surface area contributed by atoms with E-state index in [1.807, 2.05) is 36.4 Å². The summed E-state index contributed by atoms with van der Waals surface area (Å²) < 4.78 is 1.86. The topological polar surface area (TPSA) is 109 Å². The van der Waals surface area contributed by atoms with Crippen molar-refractivity contribution in [2.45, 2.75) is 25.2 Å². The van der Waals surface area contributed by atoms with Crippen LogP contribution in [0.4, 0.5) is 11.4 Å². The van der Waals surface area contributed by atoms with Gasteiger partial charge in [0.05, 0.1) is 23.7 Å². The van der Waals surface area contributed by atoms with Crippen molar-refractivity contribution in [1.29, 1.82) is 0 Å². The highest BCUT2D eigenvalue weighted by Crippen LogP contribution is 2.15. The largest absolute Gasteiger partial charge is 0.391 e. The maximum atomic E-state index is 10.3. The van der Waals surface area contributed by atoms with Gasteiger partial charge in [-0.2, -0.15) is 10.2 Å². The van der Waals surface area contributed by atoms with Crippen LogP contribution in [-0.4, -0.2) is 45.6 Å². The number of aliphatic hydroxyl groups is 3. The van der Waals surface area contributed by atoms with Crippen LogP contribution in [0.2, 0.25) is 0 Å². The van der Waals surface area contributed by atoms with E-state index in [2.05, 4.69) is 52.9 Å². The zero-order valence-electron chi connectivity index (χ0n) is 14.4. The number of benzene rings is 2. The van der Waals surface area contributed by atoms with E-state index in [0.717, 1.165) is 14.6 Å². The van der Waals surface area contributed by atoms with Gasteiger partial charge in [-0.1, -0.05) is 31.9 Å². The van der Waals surface area contributed by atoms with Crippen LogP contribution in [-0.2, 0) is 0 Å². The normalized spacial score (nSPS) is 15.4. The first-order valence-corrected chi connectivity index (χ1v) is 9.63. The Labute approximate surface area is 174 Å². The van der Waals surface area contributed by atoms with Gasteiger partial charge in [-0.05, 0) is 55.5 Å². The highest BCUT2D eigenvalue weighted by atomic mass is 79.9. The second-order valence-electron chi connectivity index (χ2n) is 5.71. The van der Waals surface area contributed by atoms with E-state index in [0.29, 0.717) is 5.69 Å². The number of nitrogens with one attached hydrogen (secondary N) is 2. The highest BCUT2D eigenvalue weighted by Gasteiger charge is 2.25. The van der Waals surface area contributed by atoms with Crippen molar-refractivity contribution in [2.24, 2.45) is 10.2 Å². The molecule has 0 spiro atoms. The molecule has 2 rings (SSSR count). The molecule has 2 aromatic carbocycles. The van der Waals surface area contributed by atoms with E-state index in [9.17, 15) is 15.3 Å². The Morgan fingerprint density at radius 2 is 1.37 bits per heavy atom. The average molecular weight is 500 g/mol. The Bertz CT molecular complexity index is 780. The number of nitrogens with zero attached hydrogens (tertiary/aromatic N) is 2. The molecule has 3 unspecified atom stereocenters. The second kappa shape index (κ2) is 10.5. The summed E-state index contributed by atoms with van der Waals surface area (Å²) in [5.74, 6) is 0. The molecule has 5 N–H and O–H groups in total. The lowest BCUT2D eigenvalue weighted by Gasteiger charge is -2.20. The van der Waals surface area contributed by atoms with Gasteiger partial charge in [0.15, 0.2) is 0 Å². The number of hydrogen-bond acceptors (Lipinski definition) is 7. The quantitative estimate of drug-likeness (QED) is 0.283. The molecular formula is C18H20Br2N4O3. The zero-order valence-corrected chi connectivity index (χ0v) is 17.6. The molecule has 144 valence electrons. The summed E-state index contributed by atoms with van der Waals surface area (Å²) in [5.41, 5.74) is 7.07. The maximum Gasteiger partial charge on any atom is 0.128 e. The summed E-state index contributed by atoms with van der Waals surface area (Å²) in [6.45, 7) is 1.38.